The van der Waals surface area contributed by atoms with E-state index in [9.17, 15) is 0 Å². The zero-order valence-electron chi connectivity index (χ0n) is 9.49. The van der Waals surface area contributed by atoms with E-state index in [0.717, 1.165) is 11.5 Å². The Bertz CT molecular complexity index is 292. The van der Waals surface area contributed by atoms with E-state index in [0.29, 0.717) is 6.04 Å². The highest BCUT2D eigenvalue weighted by atomic mass is 32.2. The van der Waals surface area contributed by atoms with E-state index in [-0.39, 0.29) is 0 Å². The summed E-state index contributed by atoms with van der Waals surface area (Å²) in [6.07, 6.45) is 1.95. The van der Waals surface area contributed by atoms with Crippen LogP contribution in [0.15, 0.2) is 36.9 Å². The van der Waals surface area contributed by atoms with E-state index in [1.807, 2.05) is 17.8 Å². The van der Waals surface area contributed by atoms with Crippen LogP contribution in [0, 0.1) is 6.92 Å². The summed E-state index contributed by atoms with van der Waals surface area (Å²) in [6.45, 7) is 8.02. The number of rotatable bonds is 6. The van der Waals surface area contributed by atoms with Gasteiger partial charge in [0.2, 0.25) is 0 Å². The van der Waals surface area contributed by atoms with Crippen LogP contribution in [0.4, 0.5) is 5.69 Å². The normalized spacial score (nSPS) is 12.1. The third-order valence-corrected chi connectivity index (χ3v) is 3.28. The molecule has 0 bridgehead atoms. The van der Waals surface area contributed by atoms with Gasteiger partial charge in [-0.15, -0.1) is 6.58 Å². The SMILES string of the molecule is C=CCSCC(C)Nc1ccc(C)cc1. The summed E-state index contributed by atoms with van der Waals surface area (Å²) in [7, 11) is 0. The molecule has 0 heterocycles. The van der Waals surface area contributed by atoms with Crippen molar-refractivity contribution in [2.24, 2.45) is 0 Å². The van der Waals surface area contributed by atoms with Gasteiger partial charge in [0.1, 0.15) is 0 Å². The summed E-state index contributed by atoms with van der Waals surface area (Å²) < 4.78 is 0. The van der Waals surface area contributed by atoms with Crippen molar-refractivity contribution >= 4 is 17.4 Å². The van der Waals surface area contributed by atoms with Gasteiger partial charge in [0.25, 0.3) is 0 Å². The lowest BCUT2D eigenvalue weighted by Crippen LogP contribution is -2.17. The average molecular weight is 221 g/mol. The molecule has 1 unspecified atom stereocenters. The first-order valence-electron chi connectivity index (χ1n) is 5.24. The number of benzene rings is 1. The Morgan fingerprint density at radius 3 is 2.67 bits per heavy atom. The van der Waals surface area contributed by atoms with Crippen LogP contribution < -0.4 is 5.32 Å². The molecule has 1 N–H and O–H groups in total. The number of hydrogen-bond donors (Lipinski definition) is 1. The third-order valence-electron chi connectivity index (χ3n) is 2.07. The second kappa shape index (κ2) is 6.57. The maximum atomic E-state index is 3.71. The lowest BCUT2D eigenvalue weighted by molar-refractivity contribution is 0.914. The van der Waals surface area contributed by atoms with Crippen molar-refractivity contribution in [2.75, 3.05) is 16.8 Å². The zero-order valence-corrected chi connectivity index (χ0v) is 10.3. The Labute approximate surface area is 97.0 Å². The smallest absolute Gasteiger partial charge is 0.0342 e. The van der Waals surface area contributed by atoms with Crippen LogP contribution in [-0.4, -0.2) is 17.5 Å². The van der Waals surface area contributed by atoms with Crippen molar-refractivity contribution < 1.29 is 0 Å². The zero-order chi connectivity index (χ0) is 11.1. The van der Waals surface area contributed by atoms with Crippen molar-refractivity contribution in [3.8, 4) is 0 Å². The Kier molecular flexibility index (Phi) is 5.33. The van der Waals surface area contributed by atoms with Crippen LogP contribution >= 0.6 is 11.8 Å². The van der Waals surface area contributed by atoms with Gasteiger partial charge in [-0.2, -0.15) is 11.8 Å². The van der Waals surface area contributed by atoms with Crippen molar-refractivity contribution in [3.05, 3.63) is 42.5 Å². The fourth-order valence-electron chi connectivity index (χ4n) is 1.30. The summed E-state index contributed by atoms with van der Waals surface area (Å²) in [5.74, 6) is 2.14. The van der Waals surface area contributed by atoms with Gasteiger partial charge >= 0.3 is 0 Å². The van der Waals surface area contributed by atoms with E-state index in [4.69, 9.17) is 0 Å². The molecule has 1 atom stereocenters. The predicted molar refractivity (Wildman–Crippen MR) is 71.8 cm³/mol. The van der Waals surface area contributed by atoms with Gasteiger partial charge in [0.05, 0.1) is 0 Å². The van der Waals surface area contributed by atoms with E-state index in [1.165, 1.54) is 11.3 Å². The molecule has 1 nitrogen and oxygen atoms in total. The van der Waals surface area contributed by atoms with E-state index in [2.05, 4.69) is 50.0 Å². The topological polar surface area (TPSA) is 12.0 Å². The minimum absolute atomic E-state index is 0.498. The molecule has 1 rings (SSSR count). The number of anilines is 1. The first kappa shape index (κ1) is 12.2. The summed E-state index contributed by atoms with van der Waals surface area (Å²) in [6, 6.07) is 9.02. The van der Waals surface area contributed by atoms with Gasteiger partial charge in [0, 0.05) is 23.2 Å². The molecule has 0 amide bonds. The molecule has 0 saturated carbocycles. The first-order valence-corrected chi connectivity index (χ1v) is 6.39. The molecule has 0 spiro atoms. The minimum atomic E-state index is 0.498. The molecule has 0 fully saturated rings. The van der Waals surface area contributed by atoms with Crippen LogP contribution in [0.2, 0.25) is 0 Å². The fraction of sp³-hybridized carbons (Fsp3) is 0.385. The number of hydrogen-bond acceptors (Lipinski definition) is 2. The van der Waals surface area contributed by atoms with Gasteiger partial charge in [-0.25, -0.2) is 0 Å². The largest absolute Gasteiger partial charge is 0.382 e. The number of thioether (sulfide) groups is 1. The molecule has 0 saturated heterocycles. The van der Waals surface area contributed by atoms with E-state index < -0.39 is 0 Å². The Morgan fingerprint density at radius 2 is 2.07 bits per heavy atom. The standard InChI is InChI=1S/C13H19NS/c1-4-9-15-10-12(3)14-13-7-5-11(2)6-8-13/h4-8,12,14H,1,9-10H2,2-3H3. The average Bonchev–Trinajstić information content (AvgIpc) is 2.22. The monoisotopic (exact) mass is 221 g/mol. The van der Waals surface area contributed by atoms with Crippen molar-refractivity contribution in [2.45, 2.75) is 19.9 Å². The van der Waals surface area contributed by atoms with Gasteiger partial charge < -0.3 is 5.32 Å². The Hall–Kier alpha value is -0.890. The van der Waals surface area contributed by atoms with Crippen LogP contribution in [0.5, 0.6) is 0 Å². The summed E-state index contributed by atoms with van der Waals surface area (Å²) >= 11 is 1.90. The number of aryl methyl sites for hydroxylation is 1. The molecule has 1 aromatic rings. The highest BCUT2D eigenvalue weighted by Crippen LogP contribution is 2.12. The van der Waals surface area contributed by atoms with Crippen molar-refractivity contribution in [1.29, 1.82) is 0 Å². The lowest BCUT2D eigenvalue weighted by Gasteiger charge is -2.14. The van der Waals surface area contributed by atoms with Gasteiger partial charge in [-0.3, -0.25) is 0 Å². The predicted octanol–water partition coefficient (Wildman–Crippen LogP) is 3.71. The molecular formula is C13H19NS. The molecular weight excluding hydrogens is 202 g/mol. The van der Waals surface area contributed by atoms with Crippen LogP contribution in [0.25, 0.3) is 0 Å². The van der Waals surface area contributed by atoms with Gasteiger partial charge in [-0.1, -0.05) is 23.8 Å². The van der Waals surface area contributed by atoms with E-state index in [1.54, 1.807) is 0 Å². The minimum Gasteiger partial charge on any atom is -0.382 e. The van der Waals surface area contributed by atoms with E-state index >= 15 is 0 Å². The molecule has 0 aliphatic heterocycles. The maximum absolute atomic E-state index is 3.71. The second-order valence-electron chi connectivity index (χ2n) is 3.74. The molecule has 0 aliphatic rings. The molecule has 82 valence electrons. The molecule has 2 heteroatoms. The first-order chi connectivity index (χ1) is 7.22. The van der Waals surface area contributed by atoms with Crippen molar-refractivity contribution in [3.63, 3.8) is 0 Å². The summed E-state index contributed by atoms with van der Waals surface area (Å²) in [5, 5.41) is 3.47. The van der Waals surface area contributed by atoms with Gasteiger partial charge in [-0.05, 0) is 26.0 Å². The molecule has 0 aromatic heterocycles. The molecule has 15 heavy (non-hydrogen) atoms. The fourth-order valence-corrected chi connectivity index (χ4v) is 2.04. The van der Waals surface area contributed by atoms with Crippen molar-refractivity contribution in [1.82, 2.24) is 0 Å². The van der Waals surface area contributed by atoms with Crippen LogP contribution in [0.3, 0.4) is 0 Å². The highest BCUT2D eigenvalue weighted by Gasteiger charge is 2.00. The maximum Gasteiger partial charge on any atom is 0.0342 e. The summed E-state index contributed by atoms with van der Waals surface area (Å²) in [5.41, 5.74) is 2.50. The summed E-state index contributed by atoms with van der Waals surface area (Å²) in [4.78, 5) is 0. The Balaban J connectivity index is 2.34. The van der Waals surface area contributed by atoms with Gasteiger partial charge in [0.15, 0.2) is 0 Å². The van der Waals surface area contributed by atoms with Crippen LogP contribution in [0.1, 0.15) is 12.5 Å². The molecule has 0 aliphatic carbocycles. The quantitative estimate of drug-likeness (QED) is 0.580. The van der Waals surface area contributed by atoms with Crippen LogP contribution in [-0.2, 0) is 0 Å². The second-order valence-corrected chi connectivity index (χ2v) is 4.81. The molecule has 0 radical (unpaired) electrons. The highest BCUT2D eigenvalue weighted by molar-refractivity contribution is 7.99. The molecule has 1 aromatic carbocycles. The number of nitrogens with one attached hydrogen (secondary N) is 1. The Morgan fingerprint density at radius 1 is 1.40 bits per heavy atom. The third kappa shape index (κ3) is 4.93. The lowest BCUT2D eigenvalue weighted by atomic mass is 10.2.